The van der Waals surface area contributed by atoms with E-state index in [2.05, 4.69) is 15.3 Å². The summed E-state index contributed by atoms with van der Waals surface area (Å²) in [5.41, 5.74) is 2.60. The minimum absolute atomic E-state index is 0.178. The Balaban J connectivity index is 2.02. The molecule has 0 bridgehead atoms. The van der Waals surface area contributed by atoms with Crippen molar-refractivity contribution >= 4 is 18.4 Å². The molecule has 0 aliphatic heterocycles. The van der Waals surface area contributed by atoms with E-state index in [9.17, 15) is 10.2 Å². The number of H-pyrrole nitrogens is 1. The third-order valence-corrected chi connectivity index (χ3v) is 3.62. The molecule has 3 N–H and O–H groups in total. The molecule has 23 heavy (non-hydrogen) atoms. The van der Waals surface area contributed by atoms with Gasteiger partial charge in [-0.3, -0.25) is 0 Å². The normalized spacial score (nSPS) is 11.2. The SMILES string of the molecule is Cc1ccccc1-c1n[nH]c(=S)n1/N=C/c1ccc(O)c(O)c1. The molecule has 116 valence electrons. The van der Waals surface area contributed by atoms with Crippen molar-refractivity contribution in [1.29, 1.82) is 0 Å². The lowest BCUT2D eigenvalue weighted by atomic mass is 10.1. The quantitative estimate of drug-likeness (QED) is 0.392. The van der Waals surface area contributed by atoms with Gasteiger partial charge in [-0.1, -0.05) is 24.3 Å². The molecule has 0 atom stereocenters. The molecule has 3 aromatic rings. The first-order valence-corrected chi connectivity index (χ1v) is 7.27. The summed E-state index contributed by atoms with van der Waals surface area (Å²) >= 11 is 5.22. The summed E-state index contributed by atoms with van der Waals surface area (Å²) in [5, 5.41) is 30.1. The summed E-state index contributed by atoms with van der Waals surface area (Å²) in [6.45, 7) is 1.99. The number of phenolic OH excluding ortho intramolecular Hbond substituents is 2. The van der Waals surface area contributed by atoms with Gasteiger partial charge in [0, 0.05) is 5.56 Å². The van der Waals surface area contributed by atoms with Gasteiger partial charge in [-0.05, 0) is 48.5 Å². The molecule has 0 unspecified atom stereocenters. The highest BCUT2D eigenvalue weighted by Crippen LogP contribution is 2.24. The van der Waals surface area contributed by atoms with Crippen molar-refractivity contribution in [1.82, 2.24) is 14.9 Å². The minimum atomic E-state index is -0.205. The van der Waals surface area contributed by atoms with E-state index in [1.54, 1.807) is 6.07 Å². The van der Waals surface area contributed by atoms with E-state index in [4.69, 9.17) is 12.2 Å². The fraction of sp³-hybridized carbons (Fsp3) is 0.0625. The Hall–Kier alpha value is -2.93. The fourth-order valence-corrected chi connectivity index (χ4v) is 2.32. The van der Waals surface area contributed by atoms with Crippen LogP contribution < -0.4 is 0 Å². The summed E-state index contributed by atoms with van der Waals surface area (Å²) in [6.07, 6.45) is 1.53. The molecular weight excluding hydrogens is 312 g/mol. The van der Waals surface area contributed by atoms with Crippen LogP contribution in [0.2, 0.25) is 0 Å². The monoisotopic (exact) mass is 326 g/mol. The van der Waals surface area contributed by atoms with Gasteiger partial charge in [0.25, 0.3) is 0 Å². The molecule has 0 spiro atoms. The van der Waals surface area contributed by atoms with Crippen LogP contribution in [-0.4, -0.2) is 31.3 Å². The number of aromatic nitrogens is 3. The molecule has 1 aromatic heterocycles. The highest BCUT2D eigenvalue weighted by molar-refractivity contribution is 7.71. The second-order valence-electron chi connectivity index (χ2n) is 4.97. The molecule has 0 saturated carbocycles. The van der Waals surface area contributed by atoms with Crippen LogP contribution in [0.15, 0.2) is 47.6 Å². The van der Waals surface area contributed by atoms with Crippen LogP contribution in [0.3, 0.4) is 0 Å². The number of rotatable bonds is 3. The first-order valence-electron chi connectivity index (χ1n) is 6.86. The molecule has 1 heterocycles. The number of phenols is 2. The molecule has 0 aliphatic carbocycles. The lowest BCUT2D eigenvalue weighted by Crippen LogP contribution is -1.96. The Morgan fingerprint density at radius 2 is 1.96 bits per heavy atom. The second kappa shape index (κ2) is 6.05. The van der Waals surface area contributed by atoms with E-state index in [1.165, 1.54) is 23.0 Å². The number of nitrogens with one attached hydrogen (secondary N) is 1. The summed E-state index contributed by atoms with van der Waals surface area (Å²) < 4.78 is 1.88. The first kappa shape index (κ1) is 15.0. The lowest BCUT2D eigenvalue weighted by Gasteiger charge is -2.04. The third-order valence-electron chi connectivity index (χ3n) is 3.36. The van der Waals surface area contributed by atoms with E-state index in [0.717, 1.165) is 11.1 Å². The Kier molecular flexibility index (Phi) is 3.94. The summed E-state index contributed by atoms with van der Waals surface area (Å²) in [6, 6.07) is 12.2. The van der Waals surface area contributed by atoms with Crippen molar-refractivity contribution in [2.45, 2.75) is 6.92 Å². The maximum absolute atomic E-state index is 9.52. The molecule has 0 fully saturated rings. The van der Waals surface area contributed by atoms with Gasteiger partial charge in [-0.25, -0.2) is 5.10 Å². The van der Waals surface area contributed by atoms with Crippen LogP contribution in [0.1, 0.15) is 11.1 Å². The van der Waals surface area contributed by atoms with Gasteiger partial charge in [0.15, 0.2) is 17.3 Å². The third kappa shape index (κ3) is 3.00. The van der Waals surface area contributed by atoms with Crippen molar-refractivity contribution in [3.05, 3.63) is 58.4 Å². The van der Waals surface area contributed by atoms with Crippen LogP contribution in [0.5, 0.6) is 11.5 Å². The van der Waals surface area contributed by atoms with Crippen molar-refractivity contribution in [3.63, 3.8) is 0 Å². The van der Waals surface area contributed by atoms with Crippen LogP contribution in [0, 0.1) is 11.7 Å². The molecular formula is C16H14N4O2S. The summed E-state index contributed by atoms with van der Waals surface area (Å²) in [7, 11) is 0. The first-order chi connectivity index (χ1) is 11.1. The Labute approximate surface area is 137 Å². The zero-order valence-electron chi connectivity index (χ0n) is 12.3. The number of nitrogens with zero attached hydrogens (tertiary/aromatic N) is 3. The smallest absolute Gasteiger partial charge is 0.216 e. The van der Waals surface area contributed by atoms with Crippen molar-refractivity contribution < 1.29 is 10.2 Å². The number of aromatic amines is 1. The number of aromatic hydroxyl groups is 2. The van der Waals surface area contributed by atoms with Crippen molar-refractivity contribution in [3.8, 4) is 22.9 Å². The molecule has 0 radical (unpaired) electrons. The largest absolute Gasteiger partial charge is 0.504 e. The minimum Gasteiger partial charge on any atom is -0.504 e. The predicted octanol–water partition coefficient (Wildman–Crippen LogP) is 3.21. The second-order valence-corrected chi connectivity index (χ2v) is 5.36. The molecule has 0 aliphatic rings. The zero-order valence-corrected chi connectivity index (χ0v) is 13.1. The highest BCUT2D eigenvalue weighted by atomic mass is 32.1. The standard InChI is InChI=1S/C16H14N4O2S/c1-10-4-2-3-5-12(10)15-18-19-16(23)20(15)17-9-11-6-7-13(21)14(22)8-11/h2-9,21-22H,1H3,(H,19,23)/b17-9+. The lowest BCUT2D eigenvalue weighted by molar-refractivity contribution is 0.403. The molecule has 2 aromatic carbocycles. The molecule has 3 rings (SSSR count). The van der Waals surface area contributed by atoms with Crippen molar-refractivity contribution in [2.24, 2.45) is 5.10 Å². The van der Waals surface area contributed by atoms with E-state index in [0.29, 0.717) is 16.2 Å². The summed E-state index contributed by atoms with van der Waals surface area (Å²) in [5.74, 6) is 0.221. The van der Waals surface area contributed by atoms with Crippen LogP contribution in [0.4, 0.5) is 0 Å². The Morgan fingerprint density at radius 1 is 1.17 bits per heavy atom. The molecule has 7 heteroatoms. The topological polar surface area (TPSA) is 86.4 Å². The van der Waals surface area contributed by atoms with Gasteiger partial charge >= 0.3 is 0 Å². The maximum Gasteiger partial charge on any atom is 0.216 e. The van der Waals surface area contributed by atoms with E-state index in [-0.39, 0.29) is 11.5 Å². The van der Waals surface area contributed by atoms with Crippen LogP contribution in [0.25, 0.3) is 11.4 Å². The van der Waals surface area contributed by atoms with Gasteiger partial charge in [0.05, 0.1) is 6.21 Å². The van der Waals surface area contributed by atoms with Gasteiger partial charge < -0.3 is 10.2 Å². The number of aryl methyl sites for hydroxylation is 1. The molecule has 6 nitrogen and oxygen atoms in total. The van der Waals surface area contributed by atoms with Gasteiger partial charge in [-0.15, -0.1) is 0 Å². The fourth-order valence-electron chi connectivity index (χ4n) is 2.14. The number of benzene rings is 2. The van der Waals surface area contributed by atoms with Gasteiger partial charge in [-0.2, -0.15) is 14.9 Å². The Morgan fingerprint density at radius 3 is 2.70 bits per heavy atom. The highest BCUT2D eigenvalue weighted by Gasteiger charge is 2.10. The van der Waals surface area contributed by atoms with Gasteiger partial charge in [0.1, 0.15) is 0 Å². The zero-order chi connectivity index (χ0) is 16.4. The number of hydrogen-bond donors (Lipinski definition) is 3. The van der Waals surface area contributed by atoms with E-state index in [1.807, 2.05) is 31.2 Å². The number of hydrogen-bond acceptors (Lipinski definition) is 5. The Bertz CT molecular complexity index is 943. The van der Waals surface area contributed by atoms with E-state index < -0.39 is 0 Å². The maximum atomic E-state index is 9.52. The predicted molar refractivity (Wildman–Crippen MR) is 90.3 cm³/mol. The van der Waals surface area contributed by atoms with Gasteiger partial charge in [0.2, 0.25) is 4.77 Å². The average molecular weight is 326 g/mol. The van der Waals surface area contributed by atoms with Crippen molar-refractivity contribution in [2.75, 3.05) is 0 Å². The van der Waals surface area contributed by atoms with Crippen LogP contribution >= 0.6 is 12.2 Å². The molecule has 0 saturated heterocycles. The molecule has 0 amide bonds. The average Bonchev–Trinajstić information content (AvgIpc) is 2.90. The van der Waals surface area contributed by atoms with E-state index >= 15 is 0 Å². The summed E-state index contributed by atoms with van der Waals surface area (Å²) in [4.78, 5) is 0. The van der Waals surface area contributed by atoms with Crippen LogP contribution in [-0.2, 0) is 0 Å².